The summed E-state index contributed by atoms with van der Waals surface area (Å²) in [5.41, 5.74) is -1.09. The maximum absolute atomic E-state index is 13.8. The molecule has 2 heterocycles. The Labute approximate surface area is 187 Å². The van der Waals surface area contributed by atoms with Gasteiger partial charge < -0.3 is 14.6 Å². The number of amides is 1. The summed E-state index contributed by atoms with van der Waals surface area (Å²) in [5, 5.41) is 11.3. The predicted octanol–water partition coefficient (Wildman–Crippen LogP) is -1.27. The van der Waals surface area contributed by atoms with Crippen molar-refractivity contribution in [2.45, 2.75) is 31.3 Å². The number of rotatable bonds is 5. The van der Waals surface area contributed by atoms with Crippen LogP contribution in [0.1, 0.15) is 25.7 Å². The molecule has 2 aliphatic rings. The molecular weight excluding hydrogens is 400 g/mol. The zero-order valence-corrected chi connectivity index (χ0v) is 17.8. The summed E-state index contributed by atoms with van der Waals surface area (Å²) in [6, 6.07) is 5.49. The second kappa shape index (κ2) is 7.94. The van der Waals surface area contributed by atoms with Crippen LogP contribution >= 0.6 is 11.6 Å². The van der Waals surface area contributed by atoms with Crippen molar-refractivity contribution in [3.05, 3.63) is 35.1 Å². The van der Waals surface area contributed by atoms with E-state index < -0.39 is 17.4 Å². The minimum Gasteiger partial charge on any atom is -0.546 e. The third-order valence-electron chi connectivity index (χ3n) is 4.59. The van der Waals surface area contributed by atoms with Gasteiger partial charge in [0.2, 0.25) is 11.8 Å². The summed E-state index contributed by atoms with van der Waals surface area (Å²) in [6.07, 6.45) is 1.70. The topological polar surface area (TPSA) is 95.5 Å². The van der Waals surface area contributed by atoms with Crippen molar-refractivity contribution in [1.29, 1.82) is 0 Å². The van der Waals surface area contributed by atoms with E-state index in [1.54, 1.807) is 0 Å². The van der Waals surface area contributed by atoms with Gasteiger partial charge >= 0.3 is 29.6 Å². The number of halogens is 2. The van der Waals surface area contributed by atoms with E-state index in [-0.39, 0.29) is 58.0 Å². The zero-order chi connectivity index (χ0) is 19.2. The largest absolute Gasteiger partial charge is 1.00 e. The number of anilines is 1. The Morgan fingerprint density at radius 1 is 1.29 bits per heavy atom. The Kier molecular flexibility index (Phi) is 5.95. The molecule has 1 aliphatic carbocycles. The van der Waals surface area contributed by atoms with Crippen LogP contribution in [0.15, 0.2) is 24.3 Å². The van der Waals surface area contributed by atoms with Gasteiger partial charge in [-0.3, -0.25) is 9.69 Å². The quantitative estimate of drug-likeness (QED) is 0.567. The summed E-state index contributed by atoms with van der Waals surface area (Å²) >= 11 is 5.72. The van der Waals surface area contributed by atoms with Crippen molar-refractivity contribution in [2.75, 3.05) is 11.4 Å². The van der Waals surface area contributed by atoms with Crippen molar-refractivity contribution >= 4 is 29.3 Å². The number of benzene rings is 1. The third kappa shape index (κ3) is 4.00. The van der Waals surface area contributed by atoms with Gasteiger partial charge in [0.05, 0.1) is 11.0 Å². The number of carbonyl (C=O) groups is 2. The normalized spacial score (nSPS) is 17.2. The van der Waals surface area contributed by atoms with E-state index in [2.05, 4.69) is 9.97 Å². The van der Waals surface area contributed by atoms with Crippen LogP contribution in [0.2, 0.25) is 5.02 Å². The van der Waals surface area contributed by atoms with Crippen LogP contribution in [-0.4, -0.2) is 34.0 Å². The van der Waals surface area contributed by atoms with Gasteiger partial charge in [0, 0.05) is 24.6 Å². The number of aromatic nitrogens is 2. The van der Waals surface area contributed by atoms with Crippen LogP contribution in [-0.2, 0) is 9.59 Å². The van der Waals surface area contributed by atoms with E-state index in [0.29, 0.717) is 37.8 Å². The molecular formula is C18H14ClFN3NaO4. The van der Waals surface area contributed by atoms with Crippen molar-refractivity contribution in [1.82, 2.24) is 9.97 Å². The smallest absolute Gasteiger partial charge is 0.546 e. The van der Waals surface area contributed by atoms with Crippen LogP contribution in [0, 0.1) is 5.82 Å². The number of hydrogen-bond donors (Lipinski definition) is 0. The molecule has 0 atom stereocenters. The van der Waals surface area contributed by atoms with Crippen molar-refractivity contribution in [3.8, 4) is 17.3 Å². The molecule has 1 saturated carbocycles. The summed E-state index contributed by atoms with van der Waals surface area (Å²) in [5.74, 6) is -1.69. The SMILES string of the molecule is O=C1CCCN1c1cc(OC2(C(=O)[O-])CC2)nc(-c2ccc(Cl)c(F)c2)n1.[Na+]. The van der Waals surface area contributed by atoms with Crippen LogP contribution in [0.3, 0.4) is 0 Å². The number of nitrogens with zero attached hydrogens (tertiary/aromatic N) is 3. The maximum Gasteiger partial charge on any atom is 1.00 e. The van der Waals surface area contributed by atoms with E-state index in [4.69, 9.17) is 16.3 Å². The Balaban J connectivity index is 0.00000225. The van der Waals surface area contributed by atoms with Gasteiger partial charge in [-0.15, -0.1) is 0 Å². The van der Waals surface area contributed by atoms with E-state index >= 15 is 0 Å². The van der Waals surface area contributed by atoms with E-state index in [1.807, 2.05) is 0 Å². The molecule has 0 bridgehead atoms. The number of ether oxygens (including phenoxy) is 1. The number of carboxylic acid groups (broad SMARTS) is 1. The molecule has 2 aromatic rings. The molecule has 1 amide bonds. The summed E-state index contributed by atoms with van der Waals surface area (Å²) < 4.78 is 19.4. The van der Waals surface area contributed by atoms with Gasteiger partial charge in [0.1, 0.15) is 11.6 Å². The molecule has 0 N–H and O–H groups in total. The second-order valence-electron chi connectivity index (χ2n) is 6.55. The first-order valence-electron chi connectivity index (χ1n) is 8.43. The minimum atomic E-state index is -1.41. The van der Waals surface area contributed by atoms with Crippen LogP contribution in [0.25, 0.3) is 11.4 Å². The van der Waals surface area contributed by atoms with Crippen LogP contribution in [0.5, 0.6) is 5.88 Å². The summed E-state index contributed by atoms with van der Waals surface area (Å²) in [4.78, 5) is 33.4. The second-order valence-corrected chi connectivity index (χ2v) is 6.96. The molecule has 0 radical (unpaired) electrons. The van der Waals surface area contributed by atoms with Crippen molar-refractivity contribution in [3.63, 3.8) is 0 Å². The van der Waals surface area contributed by atoms with Crippen LogP contribution < -0.4 is 44.3 Å². The average molecular weight is 414 g/mol. The molecule has 1 aromatic carbocycles. The molecule has 1 aliphatic heterocycles. The number of carbonyl (C=O) groups excluding carboxylic acids is 2. The molecule has 28 heavy (non-hydrogen) atoms. The first-order valence-corrected chi connectivity index (χ1v) is 8.81. The van der Waals surface area contributed by atoms with E-state index in [0.717, 1.165) is 0 Å². The maximum atomic E-state index is 13.8. The van der Waals surface area contributed by atoms with Gasteiger partial charge in [-0.25, -0.2) is 9.37 Å². The van der Waals surface area contributed by atoms with E-state index in [1.165, 1.54) is 29.2 Å². The molecule has 1 saturated heterocycles. The first-order chi connectivity index (χ1) is 12.9. The average Bonchev–Trinajstić information content (AvgIpc) is 3.29. The number of aliphatic carboxylic acids is 1. The molecule has 140 valence electrons. The first kappa shape index (κ1) is 21.0. The Hall–Kier alpha value is -1.74. The predicted molar refractivity (Wildman–Crippen MR) is 91.6 cm³/mol. The molecule has 4 rings (SSSR count). The minimum absolute atomic E-state index is 0. The standard InChI is InChI=1S/C18H15ClFN3O4.Na/c19-11-4-3-10(8-12(11)20)16-21-13(23-7-1-2-15(23)24)9-14(22-16)27-18(5-6-18)17(25)26;/h3-4,8-9H,1-2,5-7H2,(H,25,26);/q;+1/p-1. The Bertz CT molecular complexity index is 954. The molecule has 0 unspecified atom stereocenters. The summed E-state index contributed by atoms with van der Waals surface area (Å²) in [6.45, 7) is 0.481. The monoisotopic (exact) mass is 413 g/mol. The number of carboxylic acids is 1. The van der Waals surface area contributed by atoms with Crippen molar-refractivity contribution in [2.24, 2.45) is 0 Å². The van der Waals surface area contributed by atoms with Crippen molar-refractivity contribution < 1.29 is 53.4 Å². The third-order valence-corrected chi connectivity index (χ3v) is 4.90. The Morgan fingerprint density at radius 3 is 2.61 bits per heavy atom. The van der Waals surface area contributed by atoms with Gasteiger partial charge in [-0.2, -0.15) is 4.98 Å². The fraction of sp³-hybridized carbons (Fsp3) is 0.333. The molecule has 10 heteroatoms. The van der Waals surface area contributed by atoms with Gasteiger partial charge in [-0.1, -0.05) is 11.6 Å². The summed E-state index contributed by atoms with van der Waals surface area (Å²) in [7, 11) is 0. The van der Waals surface area contributed by atoms with Gasteiger partial charge in [0.15, 0.2) is 11.4 Å². The van der Waals surface area contributed by atoms with Gasteiger partial charge in [0.25, 0.3) is 0 Å². The molecule has 1 aromatic heterocycles. The van der Waals surface area contributed by atoms with E-state index in [9.17, 15) is 19.1 Å². The number of hydrogen-bond acceptors (Lipinski definition) is 6. The zero-order valence-electron chi connectivity index (χ0n) is 15.1. The molecule has 7 nitrogen and oxygen atoms in total. The molecule has 2 fully saturated rings. The van der Waals surface area contributed by atoms with Crippen LogP contribution in [0.4, 0.5) is 10.2 Å². The molecule has 0 spiro atoms. The van der Waals surface area contributed by atoms with Gasteiger partial charge in [-0.05, 0) is 37.5 Å². The Morgan fingerprint density at radius 2 is 2.04 bits per heavy atom. The fourth-order valence-electron chi connectivity index (χ4n) is 2.92. The fourth-order valence-corrected chi connectivity index (χ4v) is 3.04.